The van der Waals surface area contributed by atoms with Crippen molar-refractivity contribution in [2.45, 2.75) is 43.7 Å². The zero-order chi connectivity index (χ0) is 32.3. The van der Waals surface area contributed by atoms with Crippen LogP contribution in [-0.4, -0.2) is 37.0 Å². The Hall–Kier alpha value is -4.33. The molecular weight excluding hydrogens is 620 g/mol. The number of halogens is 6. The Morgan fingerprint density at radius 3 is 2.44 bits per heavy atom. The van der Waals surface area contributed by atoms with E-state index in [1.807, 2.05) is 0 Å². The van der Waals surface area contributed by atoms with E-state index in [0.717, 1.165) is 12.1 Å². The molecule has 0 aliphatic heterocycles. The molecule has 14 heteroatoms. The molecule has 2 aromatic carbocycles. The van der Waals surface area contributed by atoms with Gasteiger partial charge in [-0.15, -0.1) is 0 Å². The standard InChI is InChI=1S/C31H27F6N5O2S/c1-45(2,44)41-20-7-5-17(6-8-20)21-4-3-9-38-27(21)24(12-16-10-18(32)13-19(33)11-16)39-25(43)15-42-29-26(28(40-42)30(34)35)22-14-23(22)31(29,36)37/h3-11,13,22-24,30H,1,12,14-15H2,2H3,(H,39,43)(H,41,44)/t22?,23?,24-,45?/m0/s1. The van der Waals surface area contributed by atoms with E-state index in [1.54, 1.807) is 36.4 Å². The van der Waals surface area contributed by atoms with Crippen molar-refractivity contribution in [1.82, 2.24) is 20.1 Å². The smallest absolute Gasteiger partial charge is 0.293 e. The van der Waals surface area contributed by atoms with E-state index in [9.17, 15) is 26.6 Å². The molecule has 2 N–H and O–H groups in total. The van der Waals surface area contributed by atoms with Crippen LogP contribution in [-0.2, 0) is 33.4 Å². The summed E-state index contributed by atoms with van der Waals surface area (Å²) in [6.45, 7) is -0.790. The maximum Gasteiger partial charge on any atom is 0.293 e. The molecule has 1 fully saturated rings. The fraction of sp³-hybridized carbons (Fsp3) is 0.290. The van der Waals surface area contributed by atoms with Gasteiger partial charge in [0.15, 0.2) is 0 Å². The van der Waals surface area contributed by atoms with Gasteiger partial charge in [0.2, 0.25) is 5.91 Å². The van der Waals surface area contributed by atoms with Gasteiger partial charge in [-0.2, -0.15) is 13.9 Å². The van der Waals surface area contributed by atoms with Crippen LogP contribution in [0.2, 0.25) is 0 Å². The molecule has 2 aliphatic carbocycles. The van der Waals surface area contributed by atoms with Crippen LogP contribution in [0.1, 0.15) is 53.0 Å². The predicted octanol–water partition coefficient (Wildman–Crippen LogP) is 6.14. The predicted molar refractivity (Wildman–Crippen MR) is 157 cm³/mol. The molecule has 0 saturated heterocycles. The molecular formula is C31H27F6N5O2S. The van der Waals surface area contributed by atoms with Crippen molar-refractivity contribution >= 4 is 27.2 Å². The zero-order valence-corrected chi connectivity index (χ0v) is 24.6. The highest BCUT2D eigenvalue weighted by atomic mass is 32.2. The van der Waals surface area contributed by atoms with E-state index in [1.165, 1.54) is 12.5 Å². The van der Waals surface area contributed by atoms with Gasteiger partial charge in [0.25, 0.3) is 12.3 Å². The number of hydrogen-bond donors (Lipinski definition) is 2. The van der Waals surface area contributed by atoms with E-state index in [0.29, 0.717) is 33.3 Å². The molecule has 2 aliphatic rings. The average molecular weight is 648 g/mol. The molecule has 1 saturated carbocycles. The number of alkyl halides is 4. The lowest BCUT2D eigenvalue weighted by atomic mass is 9.95. The normalized spacial score (nSPS) is 19.8. The first-order valence-corrected chi connectivity index (χ1v) is 16.0. The number of benzene rings is 2. The summed E-state index contributed by atoms with van der Waals surface area (Å²) in [5.74, 6) is -4.19. The molecule has 0 radical (unpaired) electrons. The molecule has 236 valence electrons. The van der Waals surface area contributed by atoms with Crippen molar-refractivity contribution in [2.24, 2.45) is 5.92 Å². The van der Waals surface area contributed by atoms with Crippen LogP contribution in [0.4, 0.5) is 32.0 Å². The molecule has 6 rings (SSSR count). The third-order valence-corrected chi connectivity index (χ3v) is 8.52. The number of aromatic nitrogens is 3. The van der Waals surface area contributed by atoms with Crippen molar-refractivity contribution in [3.8, 4) is 11.1 Å². The number of nitrogens with one attached hydrogen (secondary N) is 2. The zero-order valence-electron chi connectivity index (χ0n) is 23.7. The lowest BCUT2D eigenvalue weighted by molar-refractivity contribution is -0.123. The minimum atomic E-state index is -3.41. The Balaban J connectivity index is 1.34. The number of carbonyl (C=O) groups is 1. The van der Waals surface area contributed by atoms with Crippen LogP contribution in [0.3, 0.4) is 0 Å². The number of rotatable bonds is 10. The van der Waals surface area contributed by atoms with Crippen molar-refractivity contribution in [3.05, 3.63) is 101 Å². The average Bonchev–Trinajstić information content (AvgIpc) is 3.60. The largest absolute Gasteiger partial charge is 0.346 e. The van der Waals surface area contributed by atoms with Gasteiger partial charge in [-0.3, -0.25) is 14.5 Å². The fourth-order valence-corrected chi connectivity index (χ4v) is 6.68. The Kier molecular flexibility index (Phi) is 7.66. The first-order valence-electron chi connectivity index (χ1n) is 13.9. The Bertz CT molecular complexity index is 1870. The summed E-state index contributed by atoms with van der Waals surface area (Å²) in [6.07, 6.45) is -0.265. The minimum Gasteiger partial charge on any atom is -0.346 e. The number of anilines is 1. The summed E-state index contributed by atoms with van der Waals surface area (Å²) in [7, 11) is -2.54. The van der Waals surface area contributed by atoms with Gasteiger partial charge in [0.05, 0.1) is 11.7 Å². The summed E-state index contributed by atoms with van der Waals surface area (Å²) in [6, 6.07) is 12.0. The highest BCUT2D eigenvalue weighted by molar-refractivity contribution is 8.00. The first-order chi connectivity index (χ1) is 21.2. The van der Waals surface area contributed by atoms with Gasteiger partial charge in [-0.25, -0.2) is 21.8 Å². The second-order valence-electron chi connectivity index (χ2n) is 11.4. The van der Waals surface area contributed by atoms with Gasteiger partial charge < -0.3 is 10.0 Å². The molecule has 3 unspecified atom stereocenters. The fourth-order valence-electron chi connectivity index (χ4n) is 6.04. The lowest BCUT2D eigenvalue weighted by Crippen LogP contribution is -2.35. The van der Waals surface area contributed by atoms with Crippen LogP contribution in [0.5, 0.6) is 0 Å². The SMILES string of the molecule is C=S(C)(=O)Nc1ccc(-c2cccnc2[C@H](Cc2cc(F)cc(F)c2)NC(=O)Cn2nc(C(F)F)c3c2C(F)(F)C2CC32)cc1. The van der Waals surface area contributed by atoms with E-state index in [-0.39, 0.29) is 24.0 Å². The van der Waals surface area contributed by atoms with Gasteiger partial charge >= 0.3 is 0 Å². The summed E-state index contributed by atoms with van der Waals surface area (Å²) >= 11 is 0. The second-order valence-corrected chi connectivity index (χ2v) is 13.6. The van der Waals surface area contributed by atoms with Gasteiger partial charge in [-0.1, -0.05) is 18.2 Å². The summed E-state index contributed by atoms with van der Waals surface area (Å²) in [4.78, 5) is 17.9. The van der Waals surface area contributed by atoms with E-state index >= 15 is 8.78 Å². The molecule has 45 heavy (non-hydrogen) atoms. The van der Waals surface area contributed by atoms with E-state index in [2.05, 4.69) is 26.0 Å². The Labute approximate surface area is 254 Å². The summed E-state index contributed by atoms with van der Waals surface area (Å²) < 4.78 is 101. The van der Waals surface area contributed by atoms with Crippen molar-refractivity contribution < 1.29 is 35.3 Å². The van der Waals surface area contributed by atoms with Crippen LogP contribution >= 0.6 is 0 Å². The molecule has 1 amide bonds. The van der Waals surface area contributed by atoms with E-state index in [4.69, 9.17) is 0 Å². The van der Waals surface area contributed by atoms with Crippen molar-refractivity contribution in [3.63, 3.8) is 0 Å². The highest BCUT2D eigenvalue weighted by Crippen LogP contribution is 2.68. The van der Waals surface area contributed by atoms with Crippen molar-refractivity contribution in [1.29, 1.82) is 0 Å². The number of nitrogens with zero attached hydrogens (tertiary/aromatic N) is 3. The number of pyridine rings is 1. The first kappa shape index (κ1) is 30.7. The molecule has 2 aromatic heterocycles. The topological polar surface area (TPSA) is 88.9 Å². The minimum absolute atomic E-state index is 0.0794. The monoisotopic (exact) mass is 647 g/mol. The van der Waals surface area contributed by atoms with Gasteiger partial charge in [-0.05, 0) is 66.1 Å². The highest BCUT2D eigenvalue weighted by Gasteiger charge is 2.67. The van der Waals surface area contributed by atoms with Crippen LogP contribution < -0.4 is 10.0 Å². The summed E-state index contributed by atoms with van der Waals surface area (Å²) in [5.41, 5.74) is 0.542. The number of fused-ring (bicyclic) bond motifs is 3. The molecule has 2 heterocycles. The van der Waals surface area contributed by atoms with Crippen LogP contribution in [0, 0.1) is 17.6 Å². The maximum atomic E-state index is 15.1. The number of hydrogen-bond acceptors (Lipinski definition) is 4. The maximum absolute atomic E-state index is 15.1. The Morgan fingerprint density at radius 2 is 1.80 bits per heavy atom. The molecule has 4 aromatic rings. The third-order valence-electron chi connectivity index (χ3n) is 7.86. The quantitative estimate of drug-likeness (QED) is 0.160. The lowest BCUT2D eigenvalue weighted by Gasteiger charge is -2.22. The van der Waals surface area contributed by atoms with Gasteiger partial charge in [0, 0.05) is 51.0 Å². The second kappa shape index (κ2) is 11.2. The third kappa shape index (κ3) is 6.15. The molecule has 0 bridgehead atoms. The summed E-state index contributed by atoms with van der Waals surface area (Å²) in [5, 5.41) is 6.41. The Morgan fingerprint density at radius 1 is 1.11 bits per heavy atom. The van der Waals surface area contributed by atoms with Crippen LogP contribution in [0.15, 0.2) is 60.8 Å². The van der Waals surface area contributed by atoms with Crippen LogP contribution in [0.25, 0.3) is 11.1 Å². The van der Waals surface area contributed by atoms with E-state index < -0.39 is 75.4 Å². The molecule has 4 atom stereocenters. The number of amides is 1. The van der Waals surface area contributed by atoms with Crippen molar-refractivity contribution in [2.75, 3.05) is 11.0 Å². The molecule has 7 nitrogen and oxygen atoms in total. The van der Waals surface area contributed by atoms with Gasteiger partial charge in [0.1, 0.15) is 29.6 Å². The molecule has 0 spiro atoms. The number of carbonyl (C=O) groups excluding carboxylic acids is 1.